The number of rotatable bonds is 8. The molecule has 4 rings (SSSR count). The number of aromatic hydroxyl groups is 1. The van der Waals surface area contributed by atoms with Gasteiger partial charge in [0.25, 0.3) is 0 Å². The van der Waals surface area contributed by atoms with Gasteiger partial charge in [0.1, 0.15) is 23.4 Å². The number of esters is 1. The zero-order chi connectivity index (χ0) is 26.7. The number of nitrogens with one attached hydrogen (secondary N) is 1. The topological polar surface area (TPSA) is 109 Å². The van der Waals surface area contributed by atoms with Gasteiger partial charge in [-0.3, -0.25) is 0 Å². The van der Waals surface area contributed by atoms with Gasteiger partial charge in [-0.25, -0.2) is 23.4 Å². The van der Waals surface area contributed by atoms with E-state index in [1.54, 1.807) is 24.3 Å². The lowest BCUT2D eigenvalue weighted by molar-refractivity contribution is -0.142. The van der Waals surface area contributed by atoms with Gasteiger partial charge < -0.3 is 20.3 Å². The van der Waals surface area contributed by atoms with Gasteiger partial charge in [-0.1, -0.05) is 24.8 Å². The molecule has 9 heteroatoms. The molecule has 0 radical (unpaired) electrons. The maximum atomic E-state index is 13.7. The Kier molecular flexibility index (Phi) is 7.15. The highest BCUT2D eigenvalue weighted by Gasteiger charge is 2.22. The van der Waals surface area contributed by atoms with Crippen molar-refractivity contribution >= 4 is 28.5 Å². The third kappa shape index (κ3) is 5.72. The van der Waals surface area contributed by atoms with Crippen molar-refractivity contribution in [1.82, 2.24) is 10.3 Å². The summed E-state index contributed by atoms with van der Waals surface area (Å²) >= 11 is 0. The summed E-state index contributed by atoms with van der Waals surface area (Å²) in [6, 6.07) is 14.4. The van der Waals surface area contributed by atoms with Crippen molar-refractivity contribution in [3.05, 3.63) is 102 Å². The molecule has 0 fully saturated rings. The van der Waals surface area contributed by atoms with Gasteiger partial charge in [-0.2, -0.15) is 0 Å². The zero-order valence-electron chi connectivity index (χ0n) is 19.7. The molecule has 0 saturated carbocycles. The number of halogens is 2. The number of ether oxygens (including phenoxy) is 1. The number of fused-ring (bicyclic) bond motifs is 1. The molecular weight excluding hydrogens is 482 g/mol. The normalized spacial score (nSPS) is 11.6. The fraction of sp³-hybridized carbons (Fsp3) is 0.107. The van der Waals surface area contributed by atoms with Crippen LogP contribution in [0.2, 0.25) is 0 Å². The molecular formula is C28H22F2N2O5. The van der Waals surface area contributed by atoms with E-state index in [0.29, 0.717) is 11.1 Å². The number of phenols is 1. The van der Waals surface area contributed by atoms with E-state index < -0.39 is 29.6 Å². The molecule has 0 aliphatic carbocycles. The third-order valence-corrected chi connectivity index (χ3v) is 5.75. The summed E-state index contributed by atoms with van der Waals surface area (Å²) in [7, 11) is 1.25. The molecule has 1 heterocycles. The first-order valence-corrected chi connectivity index (χ1v) is 11.1. The van der Waals surface area contributed by atoms with Crippen LogP contribution in [0.1, 0.15) is 21.6 Å². The summed E-state index contributed by atoms with van der Waals surface area (Å²) in [5.41, 5.74) is 2.00. The van der Waals surface area contributed by atoms with E-state index in [-0.39, 0.29) is 40.1 Å². The number of carboxylic acids is 1. The van der Waals surface area contributed by atoms with Gasteiger partial charge >= 0.3 is 11.9 Å². The predicted octanol–water partition coefficient (Wildman–Crippen LogP) is 4.93. The summed E-state index contributed by atoms with van der Waals surface area (Å²) in [4.78, 5) is 29.0. The van der Waals surface area contributed by atoms with Gasteiger partial charge in [-0.05, 0) is 59.2 Å². The summed E-state index contributed by atoms with van der Waals surface area (Å²) in [5, 5.41) is 22.6. The minimum atomic E-state index is -1.24. The smallest absolute Gasteiger partial charge is 0.336 e. The molecule has 0 aliphatic heterocycles. The molecule has 0 bridgehead atoms. The molecule has 0 amide bonds. The van der Waals surface area contributed by atoms with E-state index in [9.17, 15) is 28.6 Å². The van der Waals surface area contributed by atoms with Gasteiger partial charge in [-0.15, -0.1) is 0 Å². The first kappa shape index (κ1) is 25.3. The average Bonchev–Trinajstić information content (AvgIpc) is 2.87. The van der Waals surface area contributed by atoms with Crippen LogP contribution in [0, 0.1) is 11.6 Å². The van der Waals surface area contributed by atoms with Crippen molar-refractivity contribution in [3.63, 3.8) is 0 Å². The van der Waals surface area contributed by atoms with Crippen molar-refractivity contribution in [3.8, 4) is 16.9 Å². The SMILES string of the molecule is C=C(NC(Cc1ccc(O)cc1)C(=O)OC)c1cc(C(=O)O)c2cc(-c3cc(F)cc(F)c3)ccc2n1. The van der Waals surface area contributed by atoms with Crippen LogP contribution < -0.4 is 5.32 Å². The highest BCUT2D eigenvalue weighted by Crippen LogP contribution is 2.29. The number of pyridine rings is 1. The molecule has 7 nitrogen and oxygen atoms in total. The second kappa shape index (κ2) is 10.4. The Hall–Kier alpha value is -4.79. The molecule has 4 aromatic rings. The van der Waals surface area contributed by atoms with E-state index >= 15 is 0 Å². The Labute approximate surface area is 210 Å². The van der Waals surface area contributed by atoms with Gasteiger partial charge in [0.15, 0.2) is 0 Å². The van der Waals surface area contributed by atoms with Crippen LogP contribution in [-0.2, 0) is 16.0 Å². The quantitative estimate of drug-likeness (QED) is 0.292. The summed E-state index contributed by atoms with van der Waals surface area (Å²) < 4.78 is 32.3. The van der Waals surface area contributed by atoms with E-state index in [2.05, 4.69) is 16.9 Å². The maximum absolute atomic E-state index is 13.7. The van der Waals surface area contributed by atoms with Crippen LogP contribution in [-0.4, -0.2) is 40.3 Å². The minimum absolute atomic E-state index is 0.0861. The Balaban J connectivity index is 1.68. The van der Waals surface area contributed by atoms with E-state index in [4.69, 9.17) is 4.74 Å². The van der Waals surface area contributed by atoms with Crippen LogP contribution in [0.3, 0.4) is 0 Å². The number of carbonyl (C=O) groups is 2. The molecule has 0 saturated heterocycles. The number of hydrogen-bond donors (Lipinski definition) is 3. The predicted molar refractivity (Wildman–Crippen MR) is 134 cm³/mol. The number of carboxylic acid groups (broad SMARTS) is 1. The molecule has 37 heavy (non-hydrogen) atoms. The van der Waals surface area contributed by atoms with Crippen molar-refractivity contribution in [1.29, 1.82) is 0 Å². The summed E-state index contributed by atoms with van der Waals surface area (Å²) in [5.74, 6) is -3.23. The Bertz CT molecular complexity index is 1500. The largest absolute Gasteiger partial charge is 0.508 e. The van der Waals surface area contributed by atoms with Crippen LogP contribution in [0.4, 0.5) is 8.78 Å². The van der Waals surface area contributed by atoms with Gasteiger partial charge in [0, 0.05) is 17.9 Å². The number of aromatic carboxylic acids is 1. The second-order valence-corrected chi connectivity index (χ2v) is 8.32. The number of hydrogen-bond acceptors (Lipinski definition) is 6. The molecule has 1 unspecified atom stereocenters. The number of carbonyl (C=O) groups excluding carboxylic acids is 1. The standard InChI is InChI=1S/C28H22F2N2O5/c1-15(31-26(28(36)37-2)9-16-3-6-21(33)7-4-16)25-14-23(27(34)35)22-12-17(5-8-24(22)32-25)18-10-19(29)13-20(30)11-18/h3-8,10-14,26,31,33H,1,9H2,2H3,(H,34,35). The van der Waals surface area contributed by atoms with Crippen LogP contribution in [0.15, 0.2) is 73.3 Å². The molecule has 188 valence electrons. The lowest BCUT2D eigenvalue weighted by atomic mass is 9.99. The summed E-state index contributed by atoms with van der Waals surface area (Å²) in [6.07, 6.45) is 0.207. The molecule has 0 spiro atoms. The molecule has 0 aliphatic rings. The van der Waals surface area contributed by atoms with Crippen molar-refractivity contribution in [2.75, 3.05) is 7.11 Å². The Morgan fingerprint density at radius 3 is 2.30 bits per heavy atom. The van der Waals surface area contributed by atoms with Crippen LogP contribution in [0.5, 0.6) is 5.75 Å². The van der Waals surface area contributed by atoms with Crippen molar-refractivity contribution in [2.24, 2.45) is 0 Å². The molecule has 1 atom stereocenters. The number of methoxy groups -OCH3 is 1. The minimum Gasteiger partial charge on any atom is -0.508 e. The van der Waals surface area contributed by atoms with Crippen LogP contribution >= 0.6 is 0 Å². The zero-order valence-corrected chi connectivity index (χ0v) is 19.7. The van der Waals surface area contributed by atoms with E-state index in [0.717, 1.165) is 23.8 Å². The Morgan fingerprint density at radius 1 is 1.00 bits per heavy atom. The first-order chi connectivity index (χ1) is 17.6. The maximum Gasteiger partial charge on any atom is 0.336 e. The number of nitrogens with zero attached hydrogens (tertiary/aromatic N) is 1. The van der Waals surface area contributed by atoms with Gasteiger partial charge in [0.05, 0.1) is 29.6 Å². The van der Waals surface area contributed by atoms with Crippen molar-refractivity contribution < 1.29 is 33.3 Å². The fourth-order valence-electron chi connectivity index (χ4n) is 3.94. The van der Waals surface area contributed by atoms with Crippen molar-refractivity contribution in [2.45, 2.75) is 12.5 Å². The number of benzene rings is 3. The highest BCUT2D eigenvalue weighted by atomic mass is 19.1. The highest BCUT2D eigenvalue weighted by molar-refractivity contribution is 6.04. The van der Waals surface area contributed by atoms with Crippen LogP contribution in [0.25, 0.3) is 27.7 Å². The first-order valence-electron chi connectivity index (χ1n) is 11.1. The Morgan fingerprint density at radius 2 is 1.68 bits per heavy atom. The lowest BCUT2D eigenvalue weighted by Gasteiger charge is -2.20. The summed E-state index contributed by atoms with van der Waals surface area (Å²) in [6.45, 7) is 3.93. The van der Waals surface area contributed by atoms with Gasteiger partial charge in [0.2, 0.25) is 0 Å². The second-order valence-electron chi connectivity index (χ2n) is 8.32. The monoisotopic (exact) mass is 504 g/mol. The average molecular weight is 504 g/mol. The third-order valence-electron chi connectivity index (χ3n) is 5.75. The number of phenolic OH excluding ortho intramolecular Hbond substituents is 1. The molecule has 3 N–H and O–H groups in total. The lowest BCUT2D eigenvalue weighted by Crippen LogP contribution is -2.38. The molecule has 3 aromatic carbocycles. The molecule has 1 aromatic heterocycles. The number of aromatic nitrogens is 1. The fourth-order valence-corrected chi connectivity index (χ4v) is 3.94. The van der Waals surface area contributed by atoms with E-state index in [1.807, 2.05) is 0 Å². The van der Waals surface area contributed by atoms with E-state index in [1.165, 1.54) is 31.4 Å².